The number of halogens is 1. The first-order valence-corrected chi connectivity index (χ1v) is 3.64. The molecule has 1 aromatic carbocycles. The summed E-state index contributed by atoms with van der Waals surface area (Å²) in [5.41, 5.74) is 7.05. The van der Waals surface area contributed by atoms with Gasteiger partial charge in [-0.1, -0.05) is 18.2 Å². The van der Waals surface area contributed by atoms with E-state index < -0.39 is 0 Å². The molecule has 0 amide bonds. The summed E-state index contributed by atoms with van der Waals surface area (Å²) in [6, 6.07) is 7.25. The Morgan fingerprint density at radius 1 is 1.46 bits per heavy atom. The minimum Gasteiger partial charge on any atom is -1.00 e. The van der Waals surface area contributed by atoms with Gasteiger partial charge in [0.05, 0.1) is 13.5 Å². The molecule has 2 N–H and O–H groups in total. The van der Waals surface area contributed by atoms with Crippen molar-refractivity contribution >= 4 is 11.7 Å². The van der Waals surface area contributed by atoms with E-state index in [9.17, 15) is 4.79 Å². The van der Waals surface area contributed by atoms with Crippen LogP contribution in [0, 0.1) is 0 Å². The van der Waals surface area contributed by atoms with E-state index in [4.69, 9.17) is 5.73 Å². The van der Waals surface area contributed by atoms with Crippen LogP contribution in [0.1, 0.15) is 5.56 Å². The molecule has 0 aliphatic heterocycles. The number of benzene rings is 1. The van der Waals surface area contributed by atoms with Gasteiger partial charge in [-0.2, -0.15) is 0 Å². The minimum atomic E-state index is -0.270. The summed E-state index contributed by atoms with van der Waals surface area (Å²) in [5, 5.41) is 0. The minimum absolute atomic E-state index is 0. The van der Waals surface area contributed by atoms with E-state index in [2.05, 4.69) is 4.74 Å². The highest BCUT2D eigenvalue weighted by atomic mass is 35.5. The molecule has 72 valence electrons. The number of hydrogen-bond acceptors (Lipinski definition) is 3. The number of carbonyl (C=O) groups is 1. The predicted molar refractivity (Wildman–Crippen MR) is 46.6 cm³/mol. The topological polar surface area (TPSA) is 52.3 Å². The van der Waals surface area contributed by atoms with Crippen molar-refractivity contribution in [1.29, 1.82) is 0 Å². The van der Waals surface area contributed by atoms with Crippen molar-refractivity contribution in [2.24, 2.45) is 0 Å². The summed E-state index contributed by atoms with van der Waals surface area (Å²) in [5.74, 6) is -0.270. The molecule has 3 nitrogen and oxygen atoms in total. The summed E-state index contributed by atoms with van der Waals surface area (Å²) in [6.45, 7) is 0. The van der Waals surface area contributed by atoms with Crippen LogP contribution < -0.4 is 18.1 Å². The lowest BCUT2D eigenvalue weighted by Crippen LogP contribution is -3.00. The average Bonchev–Trinajstić information content (AvgIpc) is 2.09. The molecule has 0 radical (unpaired) electrons. The molecule has 1 aromatic rings. The summed E-state index contributed by atoms with van der Waals surface area (Å²) in [6.07, 6.45) is 0.239. The van der Waals surface area contributed by atoms with Crippen molar-refractivity contribution in [3.8, 4) is 0 Å². The number of anilines is 1. The van der Waals surface area contributed by atoms with Gasteiger partial charge in [-0.3, -0.25) is 4.79 Å². The van der Waals surface area contributed by atoms with Crippen LogP contribution in [0.25, 0.3) is 0 Å². The van der Waals surface area contributed by atoms with Crippen LogP contribution in [0.15, 0.2) is 24.3 Å². The lowest BCUT2D eigenvalue weighted by Gasteiger charge is -2.02. The number of esters is 1. The van der Waals surface area contributed by atoms with E-state index in [1.165, 1.54) is 7.11 Å². The fourth-order valence-corrected chi connectivity index (χ4v) is 0.923. The van der Waals surface area contributed by atoms with Gasteiger partial charge in [0.25, 0.3) is 0 Å². The third kappa shape index (κ3) is 3.34. The molecule has 0 unspecified atom stereocenters. The molecule has 0 saturated carbocycles. The van der Waals surface area contributed by atoms with Gasteiger partial charge in [-0.05, 0) is 11.6 Å². The molecule has 1 rings (SSSR count). The fraction of sp³-hybridized carbons (Fsp3) is 0.222. The third-order valence-corrected chi connectivity index (χ3v) is 1.62. The van der Waals surface area contributed by atoms with Crippen LogP contribution >= 0.6 is 0 Å². The number of nitrogens with two attached hydrogens (primary N) is 1. The standard InChI is InChI=1S/C9H11NO2.ClH/c1-12-9(11)6-7-4-2-3-5-8(7)10;/h2-5H,6,10H2,1H3;1H/p-1. The zero-order valence-corrected chi connectivity index (χ0v) is 8.04. The molecule has 0 spiro atoms. The molecule has 0 aliphatic carbocycles. The average molecular weight is 201 g/mol. The maximum Gasteiger partial charge on any atom is 0.310 e. The number of hydrogen-bond donors (Lipinski definition) is 1. The van der Waals surface area contributed by atoms with E-state index in [1.54, 1.807) is 6.07 Å². The van der Waals surface area contributed by atoms with Gasteiger partial charge in [0.15, 0.2) is 0 Å². The number of nitrogen functional groups attached to an aromatic ring is 1. The number of para-hydroxylation sites is 1. The molecule has 0 bridgehead atoms. The highest BCUT2D eigenvalue weighted by Crippen LogP contribution is 2.11. The van der Waals surface area contributed by atoms with Crippen molar-refractivity contribution in [3.63, 3.8) is 0 Å². The number of methoxy groups -OCH3 is 1. The molecule has 13 heavy (non-hydrogen) atoms. The fourth-order valence-electron chi connectivity index (χ4n) is 0.923. The van der Waals surface area contributed by atoms with Gasteiger partial charge in [0.2, 0.25) is 0 Å². The highest BCUT2D eigenvalue weighted by molar-refractivity contribution is 5.74. The smallest absolute Gasteiger partial charge is 0.310 e. The van der Waals surface area contributed by atoms with Gasteiger partial charge < -0.3 is 22.9 Å². The van der Waals surface area contributed by atoms with E-state index >= 15 is 0 Å². The molecule has 0 aliphatic rings. The Bertz CT molecular complexity index is 289. The monoisotopic (exact) mass is 200 g/mol. The molecule has 0 atom stereocenters. The van der Waals surface area contributed by atoms with Crippen molar-refractivity contribution in [3.05, 3.63) is 29.8 Å². The largest absolute Gasteiger partial charge is 1.00 e. The molecular weight excluding hydrogens is 190 g/mol. The summed E-state index contributed by atoms with van der Waals surface area (Å²) < 4.78 is 4.51. The Kier molecular flexibility index (Phi) is 4.92. The summed E-state index contributed by atoms with van der Waals surface area (Å²) in [4.78, 5) is 10.9. The second-order valence-corrected chi connectivity index (χ2v) is 2.45. The van der Waals surface area contributed by atoms with E-state index in [0.717, 1.165) is 5.56 Å². The van der Waals surface area contributed by atoms with Gasteiger partial charge >= 0.3 is 5.97 Å². The first-order chi connectivity index (χ1) is 5.74. The Morgan fingerprint density at radius 2 is 2.08 bits per heavy atom. The maximum atomic E-state index is 10.9. The van der Waals surface area contributed by atoms with Crippen molar-refractivity contribution in [1.82, 2.24) is 0 Å². The summed E-state index contributed by atoms with van der Waals surface area (Å²) >= 11 is 0. The molecular formula is C9H11ClNO2-. The maximum absolute atomic E-state index is 10.9. The van der Waals surface area contributed by atoms with Gasteiger partial charge in [0, 0.05) is 5.69 Å². The SMILES string of the molecule is COC(=O)Cc1ccccc1N.[Cl-]. The molecule has 0 fully saturated rings. The number of carbonyl (C=O) groups excluding carboxylic acids is 1. The van der Waals surface area contributed by atoms with Crippen molar-refractivity contribution in [2.75, 3.05) is 12.8 Å². The number of ether oxygens (including phenoxy) is 1. The van der Waals surface area contributed by atoms with Crippen LogP contribution in [0.4, 0.5) is 5.69 Å². The Balaban J connectivity index is 0.00000144. The van der Waals surface area contributed by atoms with Crippen LogP contribution in [-0.4, -0.2) is 13.1 Å². The summed E-state index contributed by atoms with van der Waals surface area (Å²) in [7, 11) is 1.36. The Hall–Kier alpha value is -1.22. The Morgan fingerprint density at radius 3 is 2.62 bits per heavy atom. The second-order valence-electron chi connectivity index (χ2n) is 2.45. The van der Waals surface area contributed by atoms with Crippen LogP contribution in [0.2, 0.25) is 0 Å². The van der Waals surface area contributed by atoms with E-state index in [1.807, 2.05) is 18.2 Å². The molecule has 0 saturated heterocycles. The first kappa shape index (κ1) is 11.8. The first-order valence-electron chi connectivity index (χ1n) is 3.64. The normalized spacial score (nSPS) is 8.69. The van der Waals surface area contributed by atoms with Gasteiger partial charge in [-0.15, -0.1) is 0 Å². The van der Waals surface area contributed by atoms with Crippen LogP contribution in [0.3, 0.4) is 0 Å². The van der Waals surface area contributed by atoms with Crippen molar-refractivity contribution in [2.45, 2.75) is 6.42 Å². The highest BCUT2D eigenvalue weighted by Gasteiger charge is 2.04. The third-order valence-electron chi connectivity index (χ3n) is 1.62. The lowest BCUT2D eigenvalue weighted by molar-refractivity contribution is -0.139. The van der Waals surface area contributed by atoms with Gasteiger partial charge in [0.1, 0.15) is 0 Å². The van der Waals surface area contributed by atoms with Crippen LogP contribution in [0.5, 0.6) is 0 Å². The Labute approximate surface area is 83.3 Å². The van der Waals surface area contributed by atoms with Crippen LogP contribution in [-0.2, 0) is 16.0 Å². The zero-order chi connectivity index (χ0) is 8.97. The second kappa shape index (κ2) is 5.43. The predicted octanol–water partition coefficient (Wildman–Crippen LogP) is -2.01. The van der Waals surface area contributed by atoms with Gasteiger partial charge in [-0.25, -0.2) is 0 Å². The zero-order valence-electron chi connectivity index (χ0n) is 7.29. The molecule has 0 aromatic heterocycles. The molecule has 0 heterocycles. The van der Waals surface area contributed by atoms with Crippen molar-refractivity contribution < 1.29 is 21.9 Å². The lowest BCUT2D eigenvalue weighted by atomic mass is 10.1. The van der Waals surface area contributed by atoms with E-state index in [-0.39, 0.29) is 24.8 Å². The quantitative estimate of drug-likeness (QED) is 0.444. The molecule has 4 heteroatoms. The number of rotatable bonds is 2. The van der Waals surface area contributed by atoms with E-state index in [0.29, 0.717) is 5.69 Å².